The average Bonchev–Trinajstić information content (AvgIpc) is 3.75. The predicted octanol–water partition coefficient (Wildman–Crippen LogP) is 4.78. The Morgan fingerprint density at radius 3 is 2.43 bits per heavy atom. The van der Waals surface area contributed by atoms with Gasteiger partial charge in [-0.2, -0.15) is 0 Å². The van der Waals surface area contributed by atoms with Crippen molar-refractivity contribution in [1.29, 1.82) is 0 Å². The zero-order valence-corrected chi connectivity index (χ0v) is 20.9. The fourth-order valence-corrected chi connectivity index (χ4v) is 6.05. The number of hydrogen-bond acceptors (Lipinski definition) is 5. The van der Waals surface area contributed by atoms with Crippen LogP contribution in [0.15, 0.2) is 66.7 Å². The van der Waals surface area contributed by atoms with Gasteiger partial charge in [-0.15, -0.1) is 0 Å². The maximum Gasteiger partial charge on any atom is 0.334 e. The molecule has 0 radical (unpaired) electrons. The second-order valence-electron chi connectivity index (χ2n) is 10.0. The van der Waals surface area contributed by atoms with E-state index >= 15 is 4.39 Å². The summed E-state index contributed by atoms with van der Waals surface area (Å²) in [6.45, 7) is 1.30. The molecule has 0 aromatic heterocycles. The fourth-order valence-electron chi connectivity index (χ4n) is 5.85. The highest BCUT2D eigenvalue weighted by atomic mass is 35.5. The van der Waals surface area contributed by atoms with Crippen molar-refractivity contribution in [2.24, 2.45) is 0 Å². The van der Waals surface area contributed by atoms with Gasteiger partial charge in [0.25, 0.3) is 0 Å². The van der Waals surface area contributed by atoms with Crippen LogP contribution in [0.3, 0.4) is 0 Å². The molecule has 8 heteroatoms. The van der Waals surface area contributed by atoms with Crippen molar-refractivity contribution in [3.63, 3.8) is 0 Å². The van der Waals surface area contributed by atoms with Gasteiger partial charge in [0.1, 0.15) is 5.82 Å². The molecule has 3 aromatic rings. The Hall–Kier alpha value is -3.26. The Bertz CT molecular complexity index is 1360. The number of nitrogens with zero attached hydrogens (tertiary/aromatic N) is 2. The first-order valence-electron chi connectivity index (χ1n) is 12.6. The van der Waals surface area contributed by atoms with Gasteiger partial charge in [0, 0.05) is 42.3 Å². The third-order valence-electron chi connectivity index (χ3n) is 7.81. The first-order chi connectivity index (χ1) is 17.9. The van der Waals surface area contributed by atoms with Crippen molar-refractivity contribution in [1.82, 2.24) is 10.2 Å². The molecule has 2 aliphatic heterocycles. The van der Waals surface area contributed by atoms with E-state index in [1.165, 1.54) is 12.1 Å². The number of carboxylic acids is 1. The highest BCUT2D eigenvalue weighted by Gasteiger charge is 2.59. The predicted molar refractivity (Wildman–Crippen MR) is 141 cm³/mol. The summed E-state index contributed by atoms with van der Waals surface area (Å²) in [6, 6.07) is 20.3. The molecule has 0 bridgehead atoms. The number of carbonyl (C=O) groups excluding carboxylic acids is 1. The molecule has 1 saturated heterocycles. The second kappa shape index (κ2) is 9.24. The van der Waals surface area contributed by atoms with Gasteiger partial charge in [-0.3, -0.25) is 9.69 Å². The largest absolute Gasteiger partial charge is 0.479 e. The lowest BCUT2D eigenvalue weighted by molar-refractivity contribution is -0.150. The number of Topliss-reactive ketones (excluding diaryl/α,β-unsaturated/α-hetero) is 1. The van der Waals surface area contributed by atoms with E-state index in [0.29, 0.717) is 19.6 Å². The molecule has 3 aliphatic rings. The van der Waals surface area contributed by atoms with Crippen molar-refractivity contribution in [3.8, 4) is 11.1 Å². The van der Waals surface area contributed by atoms with Gasteiger partial charge in [0.2, 0.25) is 5.54 Å². The van der Waals surface area contributed by atoms with Gasteiger partial charge in [0.05, 0.1) is 12.2 Å². The number of rotatable bonds is 5. The maximum atomic E-state index is 15.1. The lowest BCUT2D eigenvalue weighted by Crippen LogP contribution is -2.71. The number of halogens is 2. The molecular weight excluding hydrogens is 493 g/mol. The number of piperazine rings is 1. The van der Waals surface area contributed by atoms with Crippen LogP contribution in [0.5, 0.6) is 0 Å². The van der Waals surface area contributed by atoms with Gasteiger partial charge in [0.15, 0.2) is 5.78 Å². The average molecular weight is 520 g/mol. The van der Waals surface area contributed by atoms with Crippen molar-refractivity contribution in [2.45, 2.75) is 30.5 Å². The zero-order valence-electron chi connectivity index (χ0n) is 20.2. The van der Waals surface area contributed by atoms with Gasteiger partial charge in [-0.1, -0.05) is 66.2 Å². The Balaban J connectivity index is 1.44. The summed E-state index contributed by atoms with van der Waals surface area (Å²) in [5, 5.41) is 14.2. The molecule has 1 saturated carbocycles. The summed E-state index contributed by atoms with van der Waals surface area (Å²) >= 11 is 6.16. The van der Waals surface area contributed by atoms with Crippen LogP contribution < -0.4 is 10.2 Å². The quantitative estimate of drug-likeness (QED) is 0.473. The molecule has 6 nitrogen and oxygen atoms in total. The van der Waals surface area contributed by atoms with E-state index in [4.69, 9.17) is 11.6 Å². The standard InChI is InChI=1S/C29H27ClFN3O3/c30-21-14-23-26(24(31)15-21)33(22-10-11-22)17-29(27(23)35,28(36)37)34-13-12-32-16-25(34)20-8-6-19(7-9-20)18-4-2-1-3-5-18/h1-9,14-15,22,25,32H,10-13,16-17H2,(H,36,37). The summed E-state index contributed by atoms with van der Waals surface area (Å²) < 4.78 is 15.1. The minimum atomic E-state index is -1.86. The smallest absolute Gasteiger partial charge is 0.334 e. The third kappa shape index (κ3) is 4.02. The zero-order chi connectivity index (χ0) is 25.7. The number of aliphatic carboxylic acids is 1. The molecular formula is C29H27ClFN3O3. The van der Waals surface area contributed by atoms with E-state index in [-0.39, 0.29) is 34.9 Å². The van der Waals surface area contributed by atoms with Crippen LogP contribution in [0.1, 0.15) is 34.8 Å². The summed E-state index contributed by atoms with van der Waals surface area (Å²) in [4.78, 5) is 30.8. The van der Waals surface area contributed by atoms with Crippen LogP contribution >= 0.6 is 11.6 Å². The number of carboxylic acid groups (broad SMARTS) is 1. The molecule has 190 valence electrons. The molecule has 2 heterocycles. The first-order valence-corrected chi connectivity index (χ1v) is 12.9. The number of nitrogens with one attached hydrogen (secondary N) is 1. The van der Waals surface area contributed by atoms with Crippen LogP contribution in [0.4, 0.5) is 10.1 Å². The van der Waals surface area contributed by atoms with Crippen LogP contribution in [0.2, 0.25) is 5.02 Å². The molecule has 6 rings (SSSR count). The highest BCUT2D eigenvalue weighted by molar-refractivity contribution is 6.32. The van der Waals surface area contributed by atoms with Crippen LogP contribution in [-0.4, -0.2) is 59.5 Å². The van der Waals surface area contributed by atoms with Crippen LogP contribution in [0, 0.1) is 5.82 Å². The summed E-state index contributed by atoms with van der Waals surface area (Å²) in [7, 11) is 0. The molecule has 2 N–H and O–H groups in total. The molecule has 2 atom stereocenters. The number of fused-ring (bicyclic) bond motifs is 1. The highest BCUT2D eigenvalue weighted by Crippen LogP contribution is 2.45. The molecule has 3 aromatic carbocycles. The molecule has 0 amide bonds. The van der Waals surface area contributed by atoms with Crippen LogP contribution in [-0.2, 0) is 4.79 Å². The number of benzene rings is 3. The number of carbonyl (C=O) groups is 2. The SMILES string of the molecule is O=C(O)C1(N2CCNCC2c2ccc(-c3ccccc3)cc2)CN(C2CC2)c2c(F)cc(Cl)cc2C1=O. The van der Waals surface area contributed by atoms with Crippen molar-refractivity contribution >= 4 is 29.0 Å². The minimum absolute atomic E-state index is 0.00720. The van der Waals surface area contributed by atoms with Crippen molar-refractivity contribution in [2.75, 3.05) is 31.1 Å². The lowest BCUT2D eigenvalue weighted by Gasteiger charge is -2.51. The number of hydrogen-bond donors (Lipinski definition) is 2. The normalized spacial score (nSPS) is 24.1. The Morgan fingerprint density at radius 1 is 1.05 bits per heavy atom. The third-order valence-corrected chi connectivity index (χ3v) is 8.03. The number of anilines is 1. The van der Waals surface area contributed by atoms with E-state index in [0.717, 1.165) is 29.5 Å². The van der Waals surface area contributed by atoms with Crippen molar-refractivity contribution in [3.05, 3.63) is 88.7 Å². The molecule has 2 unspecified atom stereocenters. The van der Waals surface area contributed by atoms with E-state index in [9.17, 15) is 14.7 Å². The summed E-state index contributed by atoms with van der Waals surface area (Å²) in [6.07, 6.45) is 1.66. The minimum Gasteiger partial charge on any atom is -0.479 e. The molecule has 0 spiro atoms. The van der Waals surface area contributed by atoms with E-state index in [1.54, 1.807) is 4.90 Å². The van der Waals surface area contributed by atoms with Gasteiger partial charge >= 0.3 is 5.97 Å². The molecule has 37 heavy (non-hydrogen) atoms. The van der Waals surface area contributed by atoms with Crippen molar-refractivity contribution < 1.29 is 19.1 Å². The van der Waals surface area contributed by atoms with E-state index in [2.05, 4.69) is 5.32 Å². The number of ketones is 1. The first kappa shape index (κ1) is 24.1. The van der Waals surface area contributed by atoms with Gasteiger partial charge in [-0.05, 0) is 41.7 Å². The molecule has 2 fully saturated rings. The fraction of sp³-hybridized carbons (Fsp3) is 0.310. The summed E-state index contributed by atoms with van der Waals surface area (Å²) in [5.74, 6) is -2.42. The Morgan fingerprint density at radius 2 is 1.76 bits per heavy atom. The van der Waals surface area contributed by atoms with Gasteiger partial charge < -0.3 is 15.3 Å². The monoisotopic (exact) mass is 519 g/mol. The second-order valence-corrected chi connectivity index (χ2v) is 10.5. The van der Waals surface area contributed by atoms with E-state index < -0.39 is 23.1 Å². The molecule has 1 aliphatic carbocycles. The topological polar surface area (TPSA) is 72.9 Å². The van der Waals surface area contributed by atoms with Crippen LogP contribution in [0.25, 0.3) is 11.1 Å². The Labute approximate surface area is 219 Å². The van der Waals surface area contributed by atoms with Gasteiger partial charge in [-0.25, -0.2) is 9.18 Å². The Kier molecular flexibility index (Phi) is 6.02. The summed E-state index contributed by atoms with van der Waals surface area (Å²) in [5.41, 5.74) is 1.42. The maximum absolute atomic E-state index is 15.1. The van der Waals surface area contributed by atoms with E-state index in [1.807, 2.05) is 59.5 Å². The lowest BCUT2D eigenvalue weighted by atomic mass is 9.79.